The van der Waals surface area contributed by atoms with Crippen LogP contribution in [-0.2, 0) is 18.9 Å². The van der Waals surface area contributed by atoms with Crippen molar-refractivity contribution in [2.24, 2.45) is 5.92 Å². The SMILES string of the molecule is CC(C)(C)OC(=O)N1C2CCC(C2)C1OCCOC1CCCCO1. The normalized spacial score (nSPS) is 33.0. The molecule has 2 saturated heterocycles. The van der Waals surface area contributed by atoms with Crippen LogP contribution in [0.1, 0.15) is 59.3 Å². The third kappa shape index (κ3) is 4.41. The Kier molecular flexibility index (Phi) is 5.67. The van der Waals surface area contributed by atoms with Crippen molar-refractivity contribution >= 4 is 6.09 Å². The summed E-state index contributed by atoms with van der Waals surface area (Å²) in [6.45, 7) is 7.45. The molecule has 6 heteroatoms. The molecule has 1 saturated carbocycles. The van der Waals surface area contributed by atoms with Crippen molar-refractivity contribution in [2.75, 3.05) is 19.8 Å². The van der Waals surface area contributed by atoms with E-state index >= 15 is 0 Å². The molecule has 4 unspecified atom stereocenters. The Morgan fingerprint density at radius 3 is 2.62 bits per heavy atom. The Morgan fingerprint density at radius 2 is 1.92 bits per heavy atom. The summed E-state index contributed by atoms with van der Waals surface area (Å²) in [5.74, 6) is 0.424. The third-order valence-corrected chi connectivity index (χ3v) is 4.93. The van der Waals surface area contributed by atoms with Gasteiger partial charge in [-0.2, -0.15) is 0 Å². The number of hydrogen-bond donors (Lipinski definition) is 0. The molecule has 0 N–H and O–H groups in total. The van der Waals surface area contributed by atoms with Gasteiger partial charge in [0, 0.05) is 18.6 Å². The fourth-order valence-electron chi connectivity index (χ4n) is 3.91. The molecule has 0 aromatic heterocycles. The maximum Gasteiger partial charge on any atom is 0.412 e. The third-order valence-electron chi connectivity index (χ3n) is 4.93. The minimum atomic E-state index is -0.481. The number of nitrogens with zero attached hydrogens (tertiary/aromatic N) is 1. The minimum absolute atomic E-state index is 0.0932. The summed E-state index contributed by atoms with van der Waals surface area (Å²) in [5.41, 5.74) is -0.481. The van der Waals surface area contributed by atoms with Crippen molar-refractivity contribution in [1.29, 1.82) is 0 Å². The molecule has 138 valence electrons. The summed E-state index contributed by atoms with van der Waals surface area (Å²) < 4.78 is 22.9. The molecule has 1 aliphatic carbocycles. The van der Waals surface area contributed by atoms with E-state index in [9.17, 15) is 4.79 Å². The highest BCUT2D eigenvalue weighted by Crippen LogP contribution is 2.43. The average Bonchev–Trinajstić information content (AvgIpc) is 3.12. The molecule has 4 atom stereocenters. The van der Waals surface area contributed by atoms with E-state index in [1.165, 1.54) is 0 Å². The molecular formula is C18H31NO5. The highest BCUT2D eigenvalue weighted by molar-refractivity contribution is 5.69. The number of piperidine rings is 1. The van der Waals surface area contributed by atoms with Gasteiger partial charge >= 0.3 is 6.09 Å². The highest BCUT2D eigenvalue weighted by Gasteiger charge is 2.50. The zero-order valence-electron chi connectivity index (χ0n) is 15.2. The number of ether oxygens (including phenoxy) is 4. The minimum Gasteiger partial charge on any atom is -0.444 e. The van der Waals surface area contributed by atoms with Crippen LogP contribution in [-0.4, -0.2) is 55.0 Å². The zero-order valence-corrected chi connectivity index (χ0v) is 15.2. The molecule has 0 spiro atoms. The molecule has 3 aliphatic rings. The van der Waals surface area contributed by atoms with Crippen molar-refractivity contribution in [2.45, 2.75) is 83.5 Å². The topological polar surface area (TPSA) is 57.2 Å². The average molecular weight is 341 g/mol. The zero-order chi connectivity index (χ0) is 17.2. The van der Waals surface area contributed by atoms with Gasteiger partial charge in [0.1, 0.15) is 11.8 Å². The van der Waals surface area contributed by atoms with Crippen molar-refractivity contribution in [1.82, 2.24) is 4.90 Å². The highest BCUT2D eigenvalue weighted by atomic mass is 16.7. The Morgan fingerprint density at radius 1 is 1.12 bits per heavy atom. The Hall–Kier alpha value is -0.850. The lowest BCUT2D eigenvalue weighted by atomic mass is 10.1. The van der Waals surface area contributed by atoms with E-state index in [0.29, 0.717) is 19.1 Å². The first-order valence-corrected chi connectivity index (χ1v) is 9.30. The van der Waals surface area contributed by atoms with Crippen LogP contribution in [0.5, 0.6) is 0 Å². The molecule has 3 fully saturated rings. The molecule has 6 nitrogen and oxygen atoms in total. The Balaban J connectivity index is 1.46. The molecule has 0 aromatic rings. The van der Waals surface area contributed by atoms with Crippen LogP contribution < -0.4 is 0 Å². The van der Waals surface area contributed by atoms with E-state index in [4.69, 9.17) is 18.9 Å². The second-order valence-electron chi connectivity index (χ2n) is 8.04. The molecule has 2 heterocycles. The molecule has 0 aromatic carbocycles. The van der Waals surface area contributed by atoms with E-state index in [-0.39, 0.29) is 24.7 Å². The van der Waals surface area contributed by atoms with Crippen LogP contribution in [0.25, 0.3) is 0 Å². The summed E-state index contributed by atoms with van der Waals surface area (Å²) >= 11 is 0. The van der Waals surface area contributed by atoms with Crippen LogP contribution >= 0.6 is 0 Å². The van der Waals surface area contributed by atoms with Gasteiger partial charge in [0.2, 0.25) is 0 Å². The molecular weight excluding hydrogens is 310 g/mol. The van der Waals surface area contributed by atoms with E-state index < -0.39 is 5.60 Å². The molecule has 2 bridgehead atoms. The van der Waals surface area contributed by atoms with Gasteiger partial charge in [0.15, 0.2) is 6.29 Å². The second-order valence-corrected chi connectivity index (χ2v) is 8.04. The van der Waals surface area contributed by atoms with Crippen LogP contribution in [0.4, 0.5) is 4.79 Å². The van der Waals surface area contributed by atoms with Gasteiger partial charge in [-0.05, 0) is 59.3 Å². The van der Waals surface area contributed by atoms with Gasteiger partial charge < -0.3 is 18.9 Å². The Bertz CT molecular complexity index is 430. The number of likely N-dealkylation sites (tertiary alicyclic amines) is 1. The molecule has 24 heavy (non-hydrogen) atoms. The largest absolute Gasteiger partial charge is 0.444 e. The summed E-state index contributed by atoms with van der Waals surface area (Å²) in [4.78, 5) is 14.3. The lowest BCUT2D eigenvalue weighted by Crippen LogP contribution is -2.48. The van der Waals surface area contributed by atoms with Crippen molar-refractivity contribution < 1.29 is 23.7 Å². The lowest BCUT2D eigenvalue weighted by molar-refractivity contribution is -0.178. The van der Waals surface area contributed by atoms with E-state index in [2.05, 4.69) is 0 Å². The van der Waals surface area contributed by atoms with Crippen LogP contribution in [0, 0.1) is 5.92 Å². The summed E-state index contributed by atoms with van der Waals surface area (Å²) in [6, 6.07) is 0.262. The predicted molar refractivity (Wildman–Crippen MR) is 88.5 cm³/mol. The second kappa shape index (κ2) is 7.58. The number of carbonyl (C=O) groups excluding carboxylic acids is 1. The maximum atomic E-state index is 12.5. The van der Waals surface area contributed by atoms with E-state index in [1.54, 1.807) is 0 Å². The smallest absolute Gasteiger partial charge is 0.412 e. The van der Waals surface area contributed by atoms with Crippen molar-refractivity contribution in [3.63, 3.8) is 0 Å². The molecule has 0 radical (unpaired) electrons. The van der Waals surface area contributed by atoms with E-state index in [1.807, 2.05) is 25.7 Å². The van der Waals surface area contributed by atoms with Gasteiger partial charge in [0.05, 0.1) is 13.2 Å². The van der Waals surface area contributed by atoms with Gasteiger partial charge in [-0.1, -0.05) is 0 Å². The van der Waals surface area contributed by atoms with Crippen LogP contribution in [0.2, 0.25) is 0 Å². The quantitative estimate of drug-likeness (QED) is 0.718. The van der Waals surface area contributed by atoms with Gasteiger partial charge in [-0.25, -0.2) is 4.79 Å². The van der Waals surface area contributed by atoms with Crippen LogP contribution in [0.15, 0.2) is 0 Å². The first kappa shape index (κ1) is 18.0. The Labute approximate surface area is 144 Å². The number of fused-ring (bicyclic) bond motifs is 2. The summed E-state index contributed by atoms with van der Waals surface area (Å²) in [5, 5.41) is 0. The summed E-state index contributed by atoms with van der Waals surface area (Å²) in [7, 11) is 0. The molecule has 2 aliphatic heterocycles. The standard InChI is InChI=1S/C18H31NO5/c1-18(2,3)24-17(20)19-14-8-7-13(12-14)16(19)23-11-10-22-15-6-4-5-9-21-15/h13-16H,4-12H2,1-3H3. The van der Waals surface area contributed by atoms with Gasteiger partial charge in [-0.3, -0.25) is 4.90 Å². The van der Waals surface area contributed by atoms with E-state index in [0.717, 1.165) is 45.1 Å². The van der Waals surface area contributed by atoms with Crippen LogP contribution in [0.3, 0.4) is 0 Å². The predicted octanol–water partition coefficient (Wildman–Crippen LogP) is 3.29. The first-order chi connectivity index (χ1) is 11.4. The fourth-order valence-corrected chi connectivity index (χ4v) is 3.91. The van der Waals surface area contributed by atoms with Crippen molar-refractivity contribution in [3.05, 3.63) is 0 Å². The number of amides is 1. The van der Waals surface area contributed by atoms with Crippen molar-refractivity contribution in [3.8, 4) is 0 Å². The first-order valence-electron chi connectivity index (χ1n) is 9.30. The number of rotatable bonds is 5. The summed E-state index contributed by atoms with van der Waals surface area (Å²) in [6.07, 6.45) is 5.91. The monoisotopic (exact) mass is 341 g/mol. The lowest BCUT2D eigenvalue weighted by Gasteiger charge is -2.36. The maximum absolute atomic E-state index is 12.5. The molecule has 1 amide bonds. The number of hydrogen-bond acceptors (Lipinski definition) is 5. The fraction of sp³-hybridized carbons (Fsp3) is 0.944. The van der Waals surface area contributed by atoms with Gasteiger partial charge in [-0.15, -0.1) is 0 Å². The number of carbonyl (C=O) groups is 1. The molecule has 3 rings (SSSR count). The van der Waals surface area contributed by atoms with Gasteiger partial charge in [0.25, 0.3) is 0 Å².